The van der Waals surface area contributed by atoms with Crippen LogP contribution in [0, 0.1) is 0 Å². The van der Waals surface area contributed by atoms with Gasteiger partial charge in [-0.05, 0) is 66.2 Å². The molecule has 1 aliphatic rings. The predicted octanol–water partition coefficient (Wildman–Crippen LogP) is 4.92. The van der Waals surface area contributed by atoms with Crippen LogP contribution in [0.25, 0.3) is 6.08 Å². The Labute approximate surface area is 194 Å². The van der Waals surface area contributed by atoms with Crippen LogP contribution in [0.3, 0.4) is 0 Å². The maximum absolute atomic E-state index is 12.3. The van der Waals surface area contributed by atoms with E-state index in [2.05, 4.69) is 4.99 Å². The number of ether oxygens (including phenoxy) is 4. The van der Waals surface area contributed by atoms with Gasteiger partial charge in [-0.1, -0.05) is 23.7 Å². The van der Waals surface area contributed by atoms with E-state index in [9.17, 15) is 9.59 Å². The fourth-order valence-electron chi connectivity index (χ4n) is 3.05. The summed E-state index contributed by atoms with van der Waals surface area (Å²) >= 11 is 6.05. The van der Waals surface area contributed by atoms with Crippen molar-refractivity contribution in [2.75, 3.05) is 14.2 Å². The second-order valence-corrected chi connectivity index (χ2v) is 7.30. The molecule has 3 aromatic rings. The Morgan fingerprint density at radius 3 is 2.30 bits per heavy atom. The molecule has 1 heterocycles. The minimum absolute atomic E-state index is 0.107. The normalized spacial score (nSPS) is 14.0. The first-order valence-electron chi connectivity index (χ1n) is 9.79. The molecule has 33 heavy (non-hydrogen) atoms. The van der Waals surface area contributed by atoms with E-state index in [4.69, 9.17) is 30.5 Å². The van der Waals surface area contributed by atoms with Crippen LogP contribution in [-0.4, -0.2) is 32.1 Å². The molecule has 0 radical (unpaired) electrons. The van der Waals surface area contributed by atoms with Gasteiger partial charge in [-0.2, -0.15) is 0 Å². The number of rotatable bonds is 6. The van der Waals surface area contributed by atoms with Gasteiger partial charge in [0.25, 0.3) is 0 Å². The van der Waals surface area contributed by atoms with Crippen molar-refractivity contribution >= 4 is 35.5 Å². The van der Waals surface area contributed by atoms with E-state index in [1.165, 1.54) is 7.11 Å². The molecule has 3 aromatic carbocycles. The lowest BCUT2D eigenvalue weighted by Gasteiger charge is -2.07. The maximum atomic E-state index is 12.3. The second-order valence-electron chi connectivity index (χ2n) is 6.87. The third-order valence-corrected chi connectivity index (χ3v) is 4.97. The molecule has 0 fully saturated rings. The average Bonchev–Trinajstić information content (AvgIpc) is 3.20. The Kier molecular flexibility index (Phi) is 6.42. The summed E-state index contributed by atoms with van der Waals surface area (Å²) in [5.41, 5.74) is 1.67. The number of hydrogen-bond donors (Lipinski definition) is 0. The lowest BCUT2D eigenvalue weighted by molar-refractivity contribution is -0.129. The highest BCUT2D eigenvalue weighted by Crippen LogP contribution is 2.28. The van der Waals surface area contributed by atoms with Gasteiger partial charge in [-0.3, -0.25) is 0 Å². The maximum Gasteiger partial charge on any atom is 0.363 e. The summed E-state index contributed by atoms with van der Waals surface area (Å²) in [5, 5.41) is 0.460. The van der Waals surface area contributed by atoms with Gasteiger partial charge in [0.1, 0.15) is 17.2 Å². The molecule has 0 aromatic heterocycles. The fourth-order valence-corrected chi connectivity index (χ4v) is 3.23. The van der Waals surface area contributed by atoms with E-state index in [1.807, 2.05) is 0 Å². The van der Waals surface area contributed by atoms with E-state index >= 15 is 0 Å². The van der Waals surface area contributed by atoms with Crippen molar-refractivity contribution < 1.29 is 28.5 Å². The average molecular weight is 464 g/mol. The first-order valence-corrected chi connectivity index (χ1v) is 10.2. The molecular formula is C25H18ClNO6. The number of methoxy groups -OCH3 is 2. The third kappa shape index (κ3) is 5.05. The lowest BCUT2D eigenvalue weighted by Crippen LogP contribution is -2.08. The zero-order valence-corrected chi connectivity index (χ0v) is 18.5. The van der Waals surface area contributed by atoms with Crippen molar-refractivity contribution in [1.82, 2.24) is 0 Å². The van der Waals surface area contributed by atoms with Crippen molar-refractivity contribution in [2.45, 2.75) is 0 Å². The van der Waals surface area contributed by atoms with E-state index in [0.29, 0.717) is 39.0 Å². The number of halogens is 1. The zero-order chi connectivity index (χ0) is 23.4. The number of carbonyl (C=O) groups excluding carboxylic acids is 2. The molecule has 0 saturated carbocycles. The Morgan fingerprint density at radius 1 is 0.939 bits per heavy atom. The number of hydrogen-bond acceptors (Lipinski definition) is 7. The summed E-state index contributed by atoms with van der Waals surface area (Å²) in [7, 11) is 3.06. The number of benzene rings is 3. The Bertz CT molecular complexity index is 1260. The minimum atomic E-state index is -0.595. The summed E-state index contributed by atoms with van der Waals surface area (Å²) < 4.78 is 21.1. The summed E-state index contributed by atoms with van der Waals surface area (Å²) in [6, 6.07) is 18.2. The van der Waals surface area contributed by atoms with Gasteiger partial charge in [0.15, 0.2) is 5.70 Å². The quantitative estimate of drug-likeness (QED) is 0.293. The van der Waals surface area contributed by atoms with Crippen LogP contribution in [-0.2, 0) is 9.53 Å². The van der Waals surface area contributed by atoms with Gasteiger partial charge in [0.2, 0.25) is 5.90 Å². The van der Waals surface area contributed by atoms with Crippen molar-refractivity contribution in [2.24, 2.45) is 4.99 Å². The summed E-state index contributed by atoms with van der Waals surface area (Å²) in [4.78, 5) is 28.9. The smallest absolute Gasteiger partial charge is 0.363 e. The molecule has 0 unspecified atom stereocenters. The number of esters is 2. The molecule has 8 heteroatoms. The molecule has 0 amide bonds. The summed E-state index contributed by atoms with van der Waals surface area (Å²) in [6.07, 6.45) is 1.57. The molecule has 0 N–H and O–H groups in total. The highest BCUT2D eigenvalue weighted by molar-refractivity contribution is 6.31. The molecule has 4 rings (SSSR count). The Hall–Kier alpha value is -4.10. The van der Waals surface area contributed by atoms with Crippen LogP contribution in [0.4, 0.5) is 0 Å². The van der Waals surface area contributed by atoms with Crippen molar-refractivity contribution in [3.05, 3.63) is 94.1 Å². The van der Waals surface area contributed by atoms with Crippen LogP contribution < -0.4 is 14.2 Å². The van der Waals surface area contributed by atoms with Crippen molar-refractivity contribution in [3.8, 4) is 17.2 Å². The van der Waals surface area contributed by atoms with E-state index in [1.54, 1.807) is 79.9 Å². The molecule has 0 atom stereocenters. The van der Waals surface area contributed by atoms with Gasteiger partial charge in [0.05, 0.1) is 25.3 Å². The molecule has 0 spiro atoms. The van der Waals surface area contributed by atoms with Crippen LogP contribution in [0.1, 0.15) is 21.5 Å². The summed E-state index contributed by atoms with van der Waals surface area (Å²) in [6.45, 7) is 0. The van der Waals surface area contributed by atoms with E-state index < -0.39 is 11.9 Å². The highest BCUT2D eigenvalue weighted by atomic mass is 35.5. The Balaban J connectivity index is 1.50. The van der Waals surface area contributed by atoms with Crippen LogP contribution in [0.15, 0.2) is 77.4 Å². The summed E-state index contributed by atoms with van der Waals surface area (Å²) in [5.74, 6) is 0.509. The topological polar surface area (TPSA) is 83.4 Å². The van der Waals surface area contributed by atoms with Gasteiger partial charge >= 0.3 is 11.9 Å². The molecule has 7 nitrogen and oxygen atoms in total. The molecular weight excluding hydrogens is 446 g/mol. The van der Waals surface area contributed by atoms with Gasteiger partial charge < -0.3 is 18.9 Å². The third-order valence-electron chi connectivity index (χ3n) is 4.73. The highest BCUT2D eigenvalue weighted by Gasteiger charge is 2.26. The number of nitrogens with zero attached hydrogens (tertiary/aromatic N) is 1. The second kappa shape index (κ2) is 9.58. The first kappa shape index (κ1) is 22.1. The molecule has 0 bridgehead atoms. The SMILES string of the molecule is COc1ccc(C(=O)Oc2ccc(/C=C3\N=C(c4cc(Cl)ccc4OC)OC3=O)cc2)cc1. The van der Waals surface area contributed by atoms with E-state index in [0.717, 1.165) is 0 Å². The van der Waals surface area contributed by atoms with Gasteiger partial charge in [-0.15, -0.1) is 0 Å². The monoisotopic (exact) mass is 463 g/mol. The van der Waals surface area contributed by atoms with Gasteiger partial charge in [0, 0.05) is 5.02 Å². The lowest BCUT2D eigenvalue weighted by atomic mass is 10.2. The predicted molar refractivity (Wildman–Crippen MR) is 123 cm³/mol. The van der Waals surface area contributed by atoms with Crippen molar-refractivity contribution in [1.29, 1.82) is 0 Å². The molecule has 0 saturated heterocycles. The van der Waals surface area contributed by atoms with Crippen LogP contribution >= 0.6 is 11.6 Å². The molecule has 166 valence electrons. The van der Waals surface area contributed by atoms with Crippen molar-refractivity contribution in [3.63, 3.8) is 0 Å². The Morgan fingerprint density at radius 2 is 1.64 bits per heavy atom. The first-order chi connectivity index (χ1) is 16.0. The molecule has 1 aliphatic heterocycles. The largest absolute Gasteiger partial charge is 0.497 e. The van der Waals surface area contributed by atoms with Crippen LogP contribution in [0.5, 0.6) is 17.2 Å². The van der Waals surface area contributed by atoms with Crippen LogP contribution in [0.2, 0.25) is 5.02 Å². The molecule has 0 aliphatic carbocycles. The zero-order valence-electron chi connectivity index (χ0n) is 17.7. The van der Waals surface area contributed by atoms with E-state index in [-0.39, 0.29) is 11.6 Å². The number of cyclic esters (lactones) is 1. The number of carbonyl (C=O) groups is 2. The standard InChI is InChI=1S/C25H18ClNO6/c1-30-18-10-5-16(6-11-18)24(28)32-19-8-3-15(4-9-19)13-21-25(29)33-23(27-21)20-14-17(26)7-12-22(20)31-2/h3-14H,1-2H3/b21-13-. The minimum Gasteiger partial charge on any atom is -0.497 e. The van der Waals surface area contributed by atoms with Gasteiger partial charge in [-0.25, -0.2) is 14.6 Å². The fraction of sp³-hybridized carbons (Fsp3) is 0.0800. The number of aliphatic imine (C=N–C) groups is 1.